The van der Waals surface area contributed by atoms with Crippen LogP contribution in [0.15, 0.2) is 170 Å². The van der Waals surface area contributed by atoms with Crippen LogP contribution in [0.3, 0.4) is 0 Å². The third-order valence-corrected chi connectivity index (χ3v) is 14.0. The molecule has 490 valence electrons. The zero-order valence-electron chi connectivity index (χ0n) is 55.9. The predicted octanol–water partition coefficient (Wildman–Crippen LogP) is 21.5. The molecule has 0 bridgehead atoms. The zero-order valence-corrected chi connectivity index (χ0v) is 55.9. The van der Waals surface area contributed by atoms with Crippen LogP contribution in [-0.2, 0) is 33.3 Å². The smallest absolute Gasteiger partial charge is 0.361 e. The number of allylic oxidation sites excluding steroid dienone is 28. The first-order valence-electron chi connectivity index (χ1n) is 34.3. The van der Waals surface area contributed by atoms with Crippen LogP contribution in [0.25, 0.3) is 0 Å². The molecule has 0 spiro atoms. The molecule has 0 heterocycles. The summed E-state index contributed by atoms with van der Waals surface area (Å²) in [6.07, 6.45) is 97.3. The molecule has 2 unspecified atom stereocenters. The van der Waals surface area contributed by atoms with Crippen LogP contribution >= 0.6 is 0 Å². The standard InChI is InChI=1S/C78H125NO8/c1-6-8-10-12-14-16-18-20-22-24-26-28-30-32-34-35-36-37-38-39-40-41-43-45-47-49-51-53-55-57-59-61-63-65-67-69-76(81)87-74(73-86-78(77(82)83)84-71-70-79(3,4)5)72-85-75(80)68-66-64-62-60-58-56-54-52-50-48-46-44-42-33-31-29-27-25-23-21-19-17-15-13-11-9-7-2/h8-11,14-17,20-23,26-29,32-34,36-37,39-40,42,46,48,52,54,74,78H,6-7,12-13,18-19,24-25,30-31,35,38,41,43-45,47,49-51,53,55-73H2,1-5H3/p+1/b10-8-,11-9-,16-14-,17-15-,22-20-,23-21-,28-26-,29-27-,34-32-,37-36-,40-39-,42-33-,48-46-,54-52-. The van der Waals surface area contributed by atoms with Crippen LogP contribution in [-0.4, -0.2) is 87.4 Å². The number of hydrogen-bond donors (Lipinski definition) is 1. The number of carboxylic acid groups (broad SMARTS) is 1. The minimum absolute atomic E-state index is 0.175. The lowest BCUT2D eigenvalue weighted by atomic mass is 10.0. The topological polar surface area (TPSA) is 108 Å². The number of carbonyl (C=O) groups is 3. The molecule has 0 aliphatic heterocycles. The Hall–Kier alpha value is -5.35. The van der Waals surface area contributed by atoms with Crippen molar-refractivity contribution in [1.29, 1.82) is 0 Å². The van der Waals surface area contributed by atoms with Crippen molar-refractivity contribution in [3.8, 4) is 0 Å². The first-order chi connectivity index (χ1) is 42.6. The molecule has 0 saturated carbocycles. The molecule has 1 N–H and O–H groups in total. The Morgan fingerprint density at radius 2 is 0.621 bits per heavy atom. The number of nitrogens with zero attached hydrogens (tertiary/aromatic N) is 1. The fourth-order valence-electron chi connectivity index (χ4n) is 8.80. The monoisotopic (exact) mass is 1200 g/mol. The summed E-state index contributed by atoms with van der Waals surface area (Å²) in [6.45, 7) is 4.61. The molecule has 0 amide bonds. The normalized spacial score (nSPS) is 13.8. The van der Waals surface area contributed by atoms with Crippen LogP contribution in [0.1, 0.15) is 245 Å². The van der Waals surface area contributed by atoms with Gasteiger partial charge in [0.1, 0.15) is 13.2 Å². The van der Waals surface area contributed by atoms with E-state index in [2.05, 4.69) is 184 Å². The Labute approximate surface area is 533 Å². The number of quaternary nitrogens is 1. The summed E-state index contributed by atoms with van der Waals surface area (Å²) in [5.41, 5.74) is 0. The average molecular weight is 1210 g/mol. The van der Waals surface area contributed by atoms with Crippen molar-refractivity contribution in [2.45, 2.75) is 257 Å². The lowest BCUT2D eigenvalue weighted by Crippen LogP contribution is -2.40. The SMILES string of the molecule is CC/C=C\C/C=C\C/C=C\C/C=C\C/C=C\C/C=C\C/C=C\CCCCCCCCCCCCCCCC(=O)OC(COC(=O)CCCCCCC/C=C\C/C=C\C/C=C\C/C=C\C/C=C\C/C=C\C/C=C\CC)COC(OCC[N+](C)(C)C)C(=O)O. The number of rotatable bonds is 61. The van der Waals surface area contributed by atoms with Crippen molar-refractivity contribution in [3.05, 3.63) is 170 Å². The third-order valence-electron chi connectivity index (χ3n) is 14.0. The molecule has 0 aromatic carbocycles. The fraction of sp³-hybridized carbons (Fsp3) is 0.603. The maximum absolute atomic E-state index is 12.9. The highest BCUT2D eigenvalue weighted by atomic mass is 16.7. The number of unbranched alkanes of at least 4 members (excludes halogenated alkanes) is 18. The van der Waals surface area contributed by atoms with E-state index in [0.717, 1.165) is 141 Å². The Balaban J connectivity index is 4.22. The van der Waals surface area contributed by atoms with E-state index in [4.69, 9.17) is 18.9 Å². The van der Waals surface area contributed by atoms with Gasteiger partial charge in [-0.25, -0.2) is 4.79 Å². The van der Waals surface area contributed by atoms with Crippen molar-refractivity contribution < 1.29 is 42.9 Å². The van der Waals surface area contributed by atoms with E-state index in [0.29, 0.717) is 23.9 Å². The number of aliphatic carboxylic acids is 1. The zero-order chi connectivity index (χ0) is 63.3. The van der Waals surface area contributed by atoms with Gasteiger partial charge in [-0.15, -0.1) is 0 Å². The number of esters is 2. The number of likely N-dealkylation sites (N-methyl/N-ethyl adjacent to an activating group) is 1. The van der Waals surface area contributed by atoms with E-state index in [1.54, 1.807) is 0 Å². The molecule has 9 nitrogen and oxygen atoms in total. The highest BCUT2D eigenvalue weighted by molar-refractivity contribution is 5.71. The summed E-state index contributed by atoms with van der Waals surface area (Å²) in [5.74, 6) is -2.05. The number of carboxylic acids is 1. The van der Waals surface area contributed by atoms with Crippen LogP contribution in [0, 0.1) is 0 Å². The van der Waals surface area contributed by atoms with Crippen molar-refractivity contribution in [3.63, 3.8) is 0 Å². The first kappa shape index (κ1) is 81.7. The van der Waals surface area contributed by atoms with Crippen LogP contribution in [0.2, 0.25) is 0 Å². The van der Waals surface area contributed by atoms with Gasteiger partial charge in [-0.1, -0.05) is 274 Å². The molecular formula is C78H126NO8+. The lowest BCUT2D eigenvalue weighted by Gasteiger charge is -2.25. The average Bonchev–Trinajstić information content (AvgIpc) is 3.56. The minimum atomic E-state index is -1.53. The van der Waals surface area contributed by atoms with Gasteiger partial charge in [0.25, 0.3) is 6.29 Å². The molecule has 0 radical (unpaired) electrons. The summed E-state index contributed by atoms with van der Waals surface area (Å²) >= 11 is 0. The maximum Gasteiger partial charge on any atom is 0.361 e. The van der Waals surface area contributed by atoms with E-state index in [9.17, 15) is 19.5 Å². The Kier molecular flexibility index (Phi) is 62.5. The van der Waals surface area contributed by atoms with Crippen molar-refractivity contribution in [2.75, 3.05) is 47.5 Å². The number of hydrogen-bond acceptors (Lipinski definition) is 7. The Morgan fingerprint density at radius 1 is 0.345 bits per heavy atom. The summed E-state index contributed by atoms with van der Waals surface area (Å²) in [5, 5.41) is 9.74. The van der Waals surface area contributed by atoms with E-state index in [-0.39, 0.29) is 38.6 Å². The van der Waals surface area contributed by atoms with Gasteiger partial charge in [-0.3, -0.25) is 9.59 Å². The van der Waals surface area contributed by atoms with Gasteiger partial charge in [0.2, 0.25) is 0 Å². The lowest BCUT2D eigenvalue weighted by molar-refractivity contribution is -0.870. The second-order valence-corrected chi connectivity index (χ2v) is 23.4. The molecular weight excluding hydrogens is 1080 g/mol. The quantitative estimate of drug-likeness (QED) is 0.0211. The second kappa shape index (κ2) is 66.6. The molecule has 87 heavy (non-hydrogen) atoms. The van der Waals surface area contributed by atoms with Gasteiger partial charge in [-0.2, -0.15) is 0 Å². The molecule has 2 atom stereocenters. The Bertz CT molecular complexity index is 2030. The van der Waals surface area contributed by atoms with Crippen LogP contribution < -0.4 is 0 Å². The van der Waals surface area contributed by atoms with Crippen molar-refractivity contribution >= 4 is 17.9 Å². The molecule has 0 aliphatic rings. The van der Waals surface area contributed by atoms with E-state index in [1.807, 2.05) is 21.1 Å². The predicted molar refractivity (Wildman–Crippen MR) is 373 cm³/mol. The van der Waals surface area contributed by atoms with Crippen molar-refractivity contribution in [1.82, 2.24) is 0 Å². The minimum Gasteiger partial charge on any atom is -0.477 e. The molecule has 0 fully saturated rings. The largest absolute Gasteiger partial charge is 0.477 e. The molecule has 0 rings (SSSR count). The highest BCUT2D eigenvalue weighted by Crippen LogP contribution is 2.16. The van der Waals surface area contributed by atoms with Gasteiger partial charge in [0, 0.05) is 12.8 Å². The van der Waals surface area contributed by atoms with Gasteiger partial charge < -0.3 is 28.5 Å². The molecule has 0 aromatic heterocycles. The molecule has 0 saturated heterocycles. The number of carbonyl (C=O) groups excluding carboxylic acids is 2. The second-order valence-electron chi connectivity index (χ2n) is 23.4. The van der Waals surface area contributed by atoms with Crippen LogP contribution in [0.5, 0.6) is 0 Å². The molecule has 0 aromatic rings. The van der Waals surface area contributed by atoms with E-state index in [1.165, 1.54) is 64.2 Å². The van der Waals surface area contributed by atoms with Gasteiger partial charge in [0.05, 0.1) is 34.4 Å². The number of ether oxygens (including phenoxy) is 4. The maximum atomic E-state index is 12.9. The van der Waals surface area contributed by atoms with E-state index < -0.39 is 24.3 Å². The van der Waals surface area contributed by atoms with Gasteiger partial charge >= 0.3 is 17.9 Å². The fourth-order valence-corrected chi connectivity index (χ4v) is 8.80. The molecule has 0 aliphatic carbocycles. The van der Waals surface area contributed by atoms with Gasteiger partial charge in [0.15, 0.2) is 6.10 Å². The highest BCUT2D eigenvalue weighted by Gasteiger charge is 2.25. The van der Waals surface area contributed by atoms with E-state index >= 15 is 0 Å². The third kappa shape index (κ3) is 68.0. The van der Waals surface area contributed by atoms with Gasteiger partial charge in [-0.05, 0) is 128 Å². The summed E-state index contributed by atoms with van der Waals surface area (Å²) in [4.78, 5) is 37.6. The summed E-state index contributed by atoms with van der Waals surface area (Å²) < 4.78 is 22.9. The summed E-state index contributed by atoms with van der Waals surface area (Å²) in [6, 6.07) is 0. The van der Waals surface area contributed by atoms with Crippen molar-refractivity contribution in [2.24, 2.45) is 0 Å². The first-order valence-corrected chi connectivity index (χ1v) is 34.3. The summed E-state index contributed by atoms with van der Waals surface area (Å²) in [7, 11) is 5.96. The Morgan fingerprint density at radius 3 is 0.920 bits per heavy atom. The van der Waals surface area contributed by atoms with Crippen LogP contribution in [0.4, 0.5) is 0 Å². The molecule has 9 heteroatoms.